The molecule has 1 fully saturated rings. The summed E-state index contributed by atoms with van der Waals surface area (Å²) in [5.41, 5.74) is 2.28. The second-order valence-corrected chi connectivity index (χ2v) is 15.9. The number of amides is 1. The van der Waals surface area contributed by atoms with Crippen molar-refractivity contribution in [1.29, 1.82) is 0 Å². The third-order valence-corrected chi connectivity index (χ3v) is 12.0. The summed E-state index contributed by atoms with van der Waals surface area (Å²) < 4.78 is 23.8. The molecule has 2 N–H and O–H groups in total. The topological polar surface area (TPSA) is 119 Å². The van der Waals surface area contributed by atoms with E-state index in [0.29, 0.717) is 25.0 Å². The summed E-state index contributed by atoms with van der Waals surface area (Å²) in [6.07, 6.45) is 3.36. The fraction of sp³-hybridized carbons (Fsp3) is 0.333. The highest BCUT2D eigenvalue weighted by molar-refractivity contribution is 7.44. The second kappa shape index (κ2) is 20.0. The van der Waals surface area contributed by atoms with Gasteiger partial charge in [-0.3, -0.25) is 14.7 Å². The Morgan fingerprint density at radius 2 is 1.42 bits per heavy atom. The first-order chi connectivity index (χ1) is 27.7. The first-order valence-corrected chi connectivity index (χ1v) is 20.6. The Morgan fingerprint density at radius 1 is 0.877 bits per heavy atom. The first kappa shape index (κ1) is 41.8. The van der Waals surface area contributed by atoms with Crippen LogP contribution < -0.4 is 16.3 Å². The molecule has 12 heteroatoms. The Bertz CT molecular complexity index is 1980. The summed E-state index contributed by atoms with van der Waals surface area (Å²) in [6.45, 7) is 9.22. The number of carbonyl (C=O) groups excluding carboxylic acids is 1. The average Bonchev–Trinajstić information content (AvgIpc) is 3.63. The van der Waals surface area contributed by atoms with Gasteiger partial charge in [-0.15, -0.1) is 0 Å². The van der Waals surface area contributed by atoms with Crippen molar-refractivity contribution < 1.29 is 18.6 Å². The normalized spacial score (nSPS) is 17.8. The van der Waals surface area contributed by atoms with Gasteiger partial charge in [0.1, 0.15) is 12.0 Å². The fourth-order valence-corrected chi connectivity index (χ4v) is 9.01. The third kappa shape index (κ3) is 10.2. The van der Waals surface area contributed by atoms with Crippen LogP contribution in [0.4, 0.5) is 5.82 Å². The zero-order valence-corrected chi connectivity index (χ0v) is 34.2. The van der Waals surface area contributed by atoms with Crippen molar-refractivity contribution in [3.63, 3.8) is 0 Å². The van der Waals surface area contributed by atoms with E-state index in [0.717, 1.165) is 16.7 Å². The van der Waals surface area contributed by atoms with E-state index >= 15 is 0 Å². The van der Waals surface area contributed by atoms with Crippen molar-refractivity contribution in [3.8, 4) is 0 Å². The van der Waals surface area contributed by atoms with Gasteiger partial charge in [-0.1, -0.05) is 109 Å². The van der Waals surface area contributed by atoms with Gasteiger partial charge in [-0.25, -0.2) is 9.46 Å². The van der Waals surface area contributed by atoms with Crippen LogP contribution >= 0.6 is 8.53 Å². The highest BCUT2D eigenvalue weighted by Crippen LogP contribution is 2.47. The molecule has 2 heterocycles. The van der Waals surface area contributed by atoms with E-state index in [4.69, 9.17) is 13.8 Å². The number of rotatable bonds is 18. The maximum atomic E-state index is 13.7. The number of anilines is 1. The monoisotopic (exact) mass is 788 g/mol. The van der Waals surface area contributed by atoms with Crippen LogP contribution in [0.25, 0.3) is 0 Å². The standard InChI is InChI=1S/C45H53N6O5P/c1-33(2)51(34(3)4)57(54-30-18-28-46-5)55-32-40-39(31-42(56-40)50-29-27-41(48-44(50)53)47-43(52)35-19-10-6-11-20-35)49-45(36-21-12-7-13-22-36,37-23-14-8-15-24-37)38-25-16-9-17-26-38/h6-17,19-29,33-34,39-40,42,49H,18,30-32H2,1-5H3,(H,47,48,52,53)/b46-28+/t39?,40-,42-,57?/m1/s1. The zero-order valence-electron chi connectivity index (χ0n) is 33.3. The summed E-state index contributed by atoms with van der Waals surface area (Å²) in [5, 5.41) is 6.84. The minimum Gasteiger partial charge on any atom is -0.351 e. The van der Waals surface area contributed by atoms with Crippen LogP contribution in [0.3, 0.4) is 0 Å². The molecule has 0 bridgehead atoms. The predicted octanol–water partition coefficient (Wildman–Crippen LogP) is 8.20. The van der Waals surface area contributed by atoms with Gasteiger partial charge in [0.2, 0.25) is 0 Å². The van der Waals surface area contributed by atoms with Crippen molar-refractivity contribution in [2.75, 3.05) is 25.6 Å². The van der Waals surface area contributed by atoms with Gasteiger partial charge in [0, 0.05) is 56.0 Å². The fourth-order valence-electron chi connectivity index (χ4n) is 7.37. The molecule has 0 radical (unpaired) electrons. The molecule has 2 unspecified atom stereocenters. The molecule has 11 nitrogen and oxygen atoms in total. The van der Waals surface area contributed by atoms with E-state index in [1.807, 2.05) is 30.5 Å². The molecule has 0 spiro atoms. The lowest BCUT2D eigenvalue weighted by Gasteiger charge is -2.40. The average molecular weight is 789 g/mol. The lowest BCUT2D eigenvalue weighted by Crippen LogP contribution is -2.53. The maximum absolute atomic E-state index is 13.7. The zero-order chi connectivity index (χ0) is 40.2. The summed E-state index contributed by atoms with van der Waals surface area (Å²) >= 11 is 0. The number of aromatic nitrogens is 2. The van der Waals surface area contributed by atoms with Crippen LogP contribution in [0.5, 0.6) is 0 Å². The smallest absolute Gasteiger partial charge is 0.351 e. The largest absolute Gasteiger partial charge is 0.351 e. The molecule has 57 heavy (non-hydrogen) atoms. The Balaban J connectivity index is 1.37. The van der Waals surface area contributed by atoms with Crippen molar-refractivity contribution in [1.82, 2.24) is 19.5 Å². The molecule has 0 aliphatic carbocycles. The Morgan fingerprint density at radius 3 is 1.93 bits per heavy atom. The molecule has 1 aromatic heterocycles. The molecule has 5 aromatic rings. The van der Waals surface area contributed by atoms with Gasteiger partial charge in [0.15, 0.2) is 0 Å². The first-order valence-electron chi connectivity index (χ1n) is 19.5. The van der Waals surface area contributed by atoms with Crippen LogP contribution in [-0.4, -0.2) is 70.8 Å². The third-order valence-electron chi connectivity index (χ3n) is 9.90. The van der Waals surface area contributed by atoms with Gasteiger partial charge in [-0.05, 0) is 62.6 Å². The van der Waals surface area contributed by atoms with E-state index < -0.39 is 32.1 Å². The van der Waals surface area contributed by atoms with Crippen molar-refractivity contribution in [3.05, 3.63) is 166 Å². The van der Waals surface area contributed by atoms with Crippen LogP contribution in [-0.2, 0) is 19.3 Å². The minimum absolute atomic E-state index is 0.160. The van der Waals surface area contributed by atoms with E-state index in [1.54, 1.807) is 43.6 Å². The summed E-state index contributed by atoms with van der Waals surface area (Å²) in [6, 6.07) is 41.6. The summed E-state index contributed by atoms with van der Waals surface area (Å²) in [5.74, 6) is -0.192. The molecule has 298 valence electrons. The molecule has 1 aliphatic rings. The molecule has 1 aliphatic heterocycles. The van der Waals surface area contributed by atoms with Gasteiger partial charge in [0.25, 0.3) is 14.4 Å². The van der Waals surface area contributed by atoms with Gasteiger partial charge < -0.3 is 24.1 Å². The Kier molecular flexibility index (Phi) is 14.7. The van der Waals surface area contributed by atoms with Crippen LogP contribution in [0.1, 0.15) is 73.8 Å². The van der Waals surface area contributed by atoms with E-state index in [2.05, 4.69) is 126 Å². The highest BCUT2D eigenvalue weighted by atomic mass is 31.2. The number of ether oxygens (including phenoxy) is 1. The van der Waals surface area contributed by atoms with Crippen molar-refractivity contribution in [2.45, 2.75) is 76.5 Å². The number of nitrogens with one attached hydrogen (secondary N) is 2. The maximum Gasteiger partial charge on any atom is 0.351 e. The Hall–Kier alpha value is -4.87. The predicted molar refractivity (Wildman–Crippen MR) is 228 cm³/mol. The Labute approximate surface area is 337 Å². The number of nitrogens with zero attached hydrogens (tertiary/aromatic N) is 4. The molecular formula is C45H53N6O5P. The van der Waals surface area contributed by atoms with Crippen molar-refractivity contribution in [2.24, 2.45) is 4.99 Å². The van der Waals surface area contributed by atoms with Gasteiger partial charge in [-0.2, -0.15) is 4.98 Å². The molecule has 4 atom stereocenters. The quantitative estimate of drug-likeness (QED) is 0.0395. The van der Waals surface area contributed by atoms with Crippen LogP contribution in [0, 0.1) is 0 Å². The van der Waals surface area contributed by atoms with E-state index in [9.17, 15) is 9.59 Å². The lowest BCUT2D eigenvalue weighted by molar-refractivity contribution is -0.0277. The molecule has 1 saturated heterocycles. The summed E-state index contributed by atoms with van der Waals surface area (Å²) in [4.78, 5) is 35.0. The minimum atomic E-state index is -1.48. The number of benzene rings is 4. The number of aliphatic imine (C=N–C) groups is 1. The molecule has 6 rings (SSSR count). The molecule has 4 aromatic carbocycles. The molecule has 0 saturated carbocycles. The summed E-state index contributed by atoms with van der Waals surface area (Å²) in [7, 11) is 0.271. The second-order valence-electron chi connectivity index (χ2n) is 14.5. The van der Waals surface area contributed by atoms with Gasteiger partial charge in [0.05, 0.1) is 24.9 Å². The van der Waals surface area contributed by atoms with E-state index in [1.165, 1.54) is 4.57 Å². The highest BCUT2D eigenvalue weighted by Gasteiger charge is 2.45. The SMILES string of the molecule is C/N=C/CCOP(OC[C@H]1O[C@@H](n2ccc(NC(=O)c3ccccc3)nc2=O)CC1NC(c1ccccc1)(c1ccccc1)c1ccccc1)N(C(C)C)C(C)C. The molecule has 1 amide bonds. The molecular weight excluding hydrogens is 736 g/mol. The van der Waals surface area contributed by atoms with Crippen LogP contribution in [0.15, 0.2) is 143 Å². The van der Waals surface area contributed by atoms with E-state index in [-0.39, 0.29) is 36.5 Å². The van der Waals surface area contributed by atoms with Gasteiger partial charge >= 0.3 is 5.69 Å². The number of hydrogen-bond acceptors (Lipinski definition) is 9. The number of hydrogen-bond donors (Lipinski definition) is 2. The number of carbonyl (C=O) groups is 1. The van der Waals surface area contributed by atoms with Crippen molar-refractivity contribution >= 4 is 26.5 Å². The lowest BCUT2D eigenvalue weighted by atomic mass is 9.76. The van der Waals surface area contributed by atoms with Crippen LogP contribution in [0.2, 0.25) is 0 Å².